The van der Waals surface area contributed by atoms with Gasteiger partial charge in [0.2, 0.25) is 17.8 Å². The van der Waals surface area contributed by atoms with Crippen LogP contribution in [0.3, 0.4) is 0 Å². The molecule has 1 aliphatic heterocycles. The van der Waals surface area contributed by atoms with E-state index >= 15 is 0 Å². The van der Waals surface area contributed by atoms with Crippen molar-refractivity contribution in [3.63, 3.8) is 0 Å². The first-order chi connectivity index (χ1) is 8.61. The van der Waals surface area contributed by atoms with Crippen molar-refractivity contribution in [3.8, 4) is 0 Å². The number of anilines is 2. The van der Waals surface area contributed by atoms with Crippen LogP contribution in [0.25, 0.3) is 0 Å². The van der Waals surface area contributed by atoms with Crippen molar-refractivity contribution >= 4 is 17.8 Å². The molecule has 98 valence electrons. The van der Waals surface area contributed by atoms with Crippen molar-refractivity contribution < 1.29 is 4.79 Å². The fourth-order valence-electron chi connectivity index (χ4n) is 2.19. The molecule has 1 aromatic rings. The van der Waals surface area contributed by atoms with E-state index in [1.165, 1.54) is 0 Å². The van der Waals surface area contributed by atoms with Crippen LogP contribution in [0.5, 0.6) is 0 Å². The molecule has 2 heterocycles. The summed E-state index contributed by atoms with van der Waals surface area (Å²) in [4.78, 5) is 25.7. The van der Waals surface area contributed by atoms with Crippen LogP contribution in [0, 0.1) is 0 Å². The third kappa shape index (κ3) is 2.49. The lowest BCUT2D eigenvalue weighted by Gasteiger charge is -2.22. The molecule has 7 heteroatoms. The van der Waals surface area contributed by atoms with E-state index in [-0.39, 0.29) is 17.9 Å². The molecule has 1 amide bonds. The predicted molar refractivity (Wildman–Crippen MR) is 67.8 cm³/mol. The van der Waals surface area contributed by atoms with Crippen molar-refractivity contribution in [1.29, 1.82) is 0 Å². The highest BCUT2D eigenvalue weighted by Gasteiger charge is 2.31. The normalized spacial score (nSPS) is 19.2. The second kappa shape index (κ2) is 5.16. The first kappa shape index (κ1) is 12.5. The molecule has 0 spiro atoms. The first-order valence-corrected chi connectivity index (χ1v) is 6.18. The highest BCUT2D eigenvalue weighted by atomic mass is 16.1. The molecule has 0 bridgehead atoms. The number of aromatic nitrogens is 3. The average Bonchev–Trinajstić information content (AvgIpc) is 2.77. The number of nitrogens with two attached hydrogens (primary N) is 2. The highest BCUT2D eigenvalue weighted by molar-refractivity contribution is 5.83. The van der Waals surface area contributed by atoms with Crippen molar-refractivity contribution in [2.24, 2.45) is 5.73 Å². The molecular weight excluding hydrogens is 232 g/mol. The fraction of sp³-hybridized carbons (Fsp3) is 0.636. The minimum Gasteiger partial charge on any atom is -0.368 e. The molecule has 1 aromatic heterocycles. The molecule has 18 heavy (non-hydrogen) atoms. The zero-order valence-electron chi connectivity index (χ0n) is 10.5. The SMILES string of the molecule is CCCc1nc(N)nc(N2CCCC2C(N)=O)n1. The van der Waals surface area contributed by atoms with Crippen LogP contribution in [-0.4, -0.2) is 33.4 Å². The third-order valence-corrected chi connectivity index (χ3v) is 3.00. The van der Waals surface area contributed by atoms with E-state index in [0.717, 1.165) is 32.2 Å². The molecule has 0 aliphatic carbocycles. The number of nitrogen functional groups attached to an aromatic ring is 1. The molecule has 0 saturated carbocycles. The molecule has 1 fully saturated rings. The first-order valence-electron chi connectivity index (χ1n) is 6.18. The van der Waals surface area contributed by atoms with Crippen LogP contribution in [0.2, 0.25) is 0 Å². The Labute approximate surface area is 106 Å². The summed E-state index contributed by atoms with van der Waals surface area (Å²) < 4.78 is 0. The molecule has 0 aromatic carbocycles. The minimum atomic E-state index is -0.344. The lowest BCUT2D eigenvalue weighted by molar-refractivity contribution is -0.119. The van der Waals surface area contributed by atoms with Gasteiger partial charge in [-0.25, -0.2) is 0 Å². The summed E-state index contributed by atoms with van der Waals surface area (Å²) >= 11 is 0. The summed E-state index contributed by atoms with van der Waals surface area (Å²) in [6, 6.07) is -0.332. The number of carbonyl (C=O) groups is 1. The van der Waals surface area contributed by atoms with Crippen molar-refractivity contribution in [2.75, 3.05) is 17.2 Å². The molecular formula is C11H18N6O. The number of hydrogen-bond acceptors (Lipinski definition) is 6. The number of primary amides is 1. The zero-order chi connectivity index (χ0) is 13.1. The summed E-state index contributed by atoms with van der Waals surface area (Å²) in [7, 11) is 0. The van der Waals surface area contributed by atoms with Gasteiger partial charge < -0.3 is 16.4 Å². The van der Waals surface area contributed by atoms with Gasteiger partial charge in [-0.2, -0.15) is 15.0 Å². The maximum Gasteiger partial charge on any atom is 0.240 e. The van der Waals surface area contributed by atoms with Crippen molar-refractivity contribution in [3.05, 3.63) is 5.82 Å². The smallest absolute Gasteiger partial charge is 0.240 e. The molecule has 1 saturated heterocycles. The Kier molecular flexibility index (Phi) is 3.59. The minimum absolute atomic E-state index is 0.193. The molecule has 1 aliphatic rings. The summed E-state index contributed by atoms with van der Waals surface area (Å²) in [5.74, 6) is 0.976. The fourth-order valence-corrected chi connectivity index (χ4v) is 2.19. The average molecular weight is 250 g/mol. The van der Waals surface area contributed by atoms with Crippen LogP contribution in [0.15, 0.2) is 0 Å². The van der Waals surface area contributed by atoms with Crippen LogP contribution in [-0.2, 0) is 11.2 Å². The molecule has 1 unspecified atom stereocenters. The predicted octanol–water partition coefficient (Wildman–Crippen LogP) is -0.140. The van der Waals surface area contributed by atoms with Gasteiger partial charge in [0.1, 0.15) is 11.9 Å². The molecule has 1 atom stereocenters. The van der Waals surface area contributed by atoms with E-state index in [9.17, 15) is 4.79 Å². The Morgan fingerprint density at radius 3 is 2.89 bits per heavy atom. The van der Waals surface area contributed by atoms with Gasteiger partial charge in [0.05, 0.1) is 0 Å². The number of carbonyl (C=O) groups excluding carboxylic acids is 1. The standard InChI is InChI=1S/C11H18N6O/c1-2-4-8-14-10(13)16-11(15-8)17-6-3-5-7(17)9(12)18/h7H,2-6H2,1H3,(H2,12,18)(H2,13,14,15,16). The molecule has 7 nitrogen and oxygen atoms in total. The summed E-state index contributed by atoms with van der Waals surface area (Å²) in [5, 5.41) is 0. The quantitative estimate of drug-likeness (QED) is 0.769. The van der Waals surface area contributed by atoms with Gasteiger partial charge in [0.25, 0.3) is 0 Å². The number of aryl methyl sites for hydroxylation is 1. The van der Waals surface area contributed by atoms with Gasteiger partial charge in [-0.3, -0.25) is 4.79 Å². The topological polar surface area (TPSA) is 111 Å². The summed E-state index contributed by atoms with van der Waals surface area (Å²) in [5.41, 5.74) is 11.1. The van der Waals surface area contributed by atoms with Gasteiger partial charge in [-0.15, -0.1) is 0 Å². The highest BCUT2D eigenvalue weighted by Crippen LogP contribution is 2.22. The van der Waals surface area contributed by atoms with E-state index in [0.29, 0.717) is 11.8 Å². The monoisotopic (exact) mass is 250 g/mol. The lowest BCUT2D eigenvalue weighted by Crippen LogP contribution is -2.41. The number of hydrogen-bond donors (Lipinski definition) is 2. The van der Waals surface area contributed by atoms with Crippen molar-refractivity contribution in [1.82, 2.24) is 15.0 Å². The maximum absolute atomic E-state index is 11.4. The van der Waals surface area contributed by atoms with Crippen LogP contribution >= 0.6 is 0 Å². The van der Waals surface area contributed by atoms with E-state index in [1.54, 1.807) is 0 Å². The van der Waals surface area contributed by atoms with Gasteiger partial charge in [0.15, 0.2) is 0 Å². The van der Waals surface area contributed by atoms with E-state index in [4.69, 9.17) is 11.5 Å². The van der Waals surface area contributed by atoms with Gasteiger partial charge in [-0.05, 0) is 19.3 Å². The second-order valence-electron chi connectivity index (χ2n) is 4.41. The Morgan fingerprint density at radius 1 is 1.44 bits per heavy atom. The van der Waals surface area contributed by atoms with E-state index < -0.39 is 0 Å². The van der Waals surface area contributed by atoms with Crippen LogP contribution in [0.1, 0.15) is 32.0 Å². The summed E-state index contributed by atoms with van der Waals surface area (Å²) in [6.07, 6.45) is 3.32. The Morgan fingerprint density at radius 2 is 2.22 bits per heavy atom. The van der Waals surface area contributed by atoms with E-state index in [1.807, 2.05) is 11.8 Å². The maximum atomic E-state index is 11.4. The Balaban J connectivity index is 2.29. The molecule has 4 N–H and O–H groups in total. The lowest BCUT2D eigenvalue weighted by atomic mass is 10.2. The van der Waals surface area contributed by atoms with Crippen LogP contribution in [0.4, 0.5) is 11.9 Å². The van der Waals surface area contributed by atoms with E-state index in [2.05, 4.69) is 15.0 Å². The van der Waals surface area contributed by atoms with Gasteiger partial charge in [0, 0.05) is 13.0 Å². The largest absolute Gasteiger partial charge is 0.368 e. The molecule has 2 rings (SSSR count). The number of rotatable bonds is 4. The van der Waals surface area contributed by atoms with Gasteiger partial charge >= 0.3 is 0 Å². The number of amides is 1. The van der Waals surface area contributed by atoms with Crippen molar-refractivity contribution in [2.45, 2.75) is 38.6 Å². The van der Waals surface area contributed by atoms with Gasteiger partial charge in [-0.1, -0.05) is 6.92 Å². The molecule has 0 radical (unpaired) electrons. The summed E-state index contributed by atoms with van der Waals surface area (Å²) in [6.45, 7) is 2.77. The second-order valence-corrected chi connectivity index (χ2v) is 4.41. The third-order valence-electron chi connectivity index (χ3n) is 3.00. The number of nitrogens with zero attached hydrogens (tertiary/aromatic N) is 4. The van der Waals surface area contributed by atoms with Crippen LogP contribution < -0.4 is 16.4 Å². The zero-order valence-corrected chi connectivity index (χ0v) is 10.5. The Bertz CT molecular complexity index is 449. The Hall–Kier alpha value is -1.92.